The number of hydrogen-bond donors (Lipinski definition) is 1. The lowest BCUT2D eigenvalue weighted by Gasteiger charge is -2.09. The molecular formula is C9H10N2O3. The van der Waals surface area contributed by atoms with Crippen LogP contribution in [0.3, 0.4) is 0 Å². The van der Waals surface area contributed by atoms with Crippen LogP contribution in [0, 0.1) is 0 Å². The van der Waals surface area contributed by atoms with Gasteiger partial charge in [-0.25, -0.2) is 4.98 Å². The molecule has 2 rings (SSSR count). The standard InChI is InChI=1S/C9H10N2O3/c1-5(12)14-7-3-2-6-8(7)10-4-11-9(6)13/h4,7H,2-3H2,1H3,(H,10,11,13). The van der Waals surface area contributed by atoms with Gasteiger partial charge in [0, 0.05) is 12.5 Å². The quantitative estimate of drug-likeness (QED) is 0.653. The molecule has 0 radical (unpaired) electrons. The zero-order valence-electron chi connectivity index (χ0n) is 7.74. The number of aromatic nitrogens is 2. The fraction of sp³-hybridized carbons (Fsp3) is 0.444. The van der Waals surface area contributed by atoms with E-state index in [4.69, 9.17) is 4.74 Å². The molecule has 1 aromatic heterocycles. The highest BCUT2D eigenvalue weighted by Gasteiger charge is 2.28. The van der Waals surface area contributed by atoms with Crippen LogP contribution in [0.1, 0.15) is 30.7 Å². The van der Waals surface area contributed by atoms with Crippen LogP contribution in [0.15, 0.2) is 11.1 Å². The molecule has 1 aromatic rings. The molecule has 1 atom stereocenters. The topological polar surface area (TPSA) is 72.0 Å². The van der Waals surface area contributed by atoms with Crippen LogP contribution < -0.4 is 5.56 Å². The Hall–Kier alpha value is -1.65. The Morgan fingerprint density at radius 1 is 1.71 bits per heavy atom. The van der Waals surface area contributed by atoms with Gasteiger partial charge >= 0.3 is 5.97 Å². The van der Waals surface area contributed by atoms with Gasteiger partial charge in [0.1, 0.15) is 6.10 Å². The zero-order valence-corrected chi connectivity index (χ0v) is 7.74. The predicted molar refractivity (Wildman–Crippen MR) is 47.7 cm³/mol. The summed E-state index contributed by atoms with van der Waals surface area (Å²) < 4.78 is 5.04. The van der Waals surface area contributed by atoms with Gasteiger partial charge in [0.05, 0.1) is 12.0 Å². The molecule has 74 valence electrons. The Bertz CT molecular complexity index is 424. The summed E-state index contributed by atoms with van der Waals surface area (Å²) in [5.74, 6) is -0.343. The maximum absolute atomic E-state index is 11.3. The lowest BCUT2D eigenvalue weighted by Crippen LogP contribution is -2.14. The molecule has 14 heavy (non-hydrogen) atoms. The van der Waals surface area contributed by atoms with Gasteiger partial charge in [0.2, 0.25) is 0 Å². The molecule has 0 fully saturated rings. The van der Waals surface area contributed by atoms with Gasteiger partial charge in [-0.15, -0.1) is 0 Å². The van der Waals surface area contributed by atoms with Crippen LogP contribution in [-0.2, 0) is 16.0 Å². The molecule has 0 spiro atoms. The minimum Gasteiger partial charge on any atom is -0.456 e. The van der Waals surface area contributed by atoms with E-state index in [-0.39, 0.29) is 17.6 Å². The second kappa shape index (κ2) is 3.25. The summed E-state index contributed by atoms with van der Waals surface area (Å²) in [4.78, 5) is 28.6. The Kier molecular flexibility index (Phi) is 2.07. The Labute approximate surface area is 80.1 Å². The summed E-state index contributed by atoms with van der Waals surface area (Å²) in [5.41, 5.74) is 1.10. The van der Waals surface area contributed by atoms with Crippen molar-refractivity contribution in [2.75, 3.05) is 0 Å². The average Bonchev–Trinajstić information content (AvgIpc) is 2.49. The van der Waals surface area contributed by atoms with E-state index in [0.717, 1.165) is 0 Å². The Morgan fingerprint density at radius 3 is 3.21 bits per heavy atom. The molecule has 0 saturated carbocycles. The van der Waals surface area contributed by atoms with Crippen molar-refractivity contribution in [3.8, 4) is 0 Å². The van der Waals surface area contributed by atoms with Crippen LogP contribution in [0.2, 0.25) is 0 Å². The third kappa shape index (κ3) is 1.41. The molecule has 0 saturated heterocycles. The van der Waals surface area contributed by atoms with Gasteiger partial charge in [0.15, 0.2) is 0 Å². The van der Waals surface area contributed by atoms with Crippen LogP contribution in [-0.4, -0.2) is 15.9 Å². The maximum atomic E-state index is 11.3. The van der Waals surface area contributed by atoms with Crippen molar-refractivity contribution in [1.29, 1.82) is 0 Å². The molecule has 0 aliphatic heterocycles. The van der Waals surface area contributed by atoms with Crippen molar-refractivity contribution in [2.45, 2.75) is 25.9 Å². The Morgan fingerprint density at radius 2 is 2.50 bits per heavy atom. The van der Waals surface area contributed by atoms with E-state index in [9.17, 15) is 9.59 Å². The smallest absolute Gasteiger partial charge is 0.303 e. The van der Waals surface area contributed by atoms with Crippen molar-refractivity contribution < 1.29 is 9.53 Å². The third-order valence-electron chi connectivity index (χ3n) is 2.25. The fourth-order valence-electron chi connectivity index (χ4n) is 1.69. The molecule has 1 aliphatic rings. The highest BCUT2D eigenvalue weighted by atomic mass is 16.5. The van der Waals surface area contributed by atoms with Crippen molar-refractivity contribution in [1.82, 2.24) is 9.97 Å². The first-order valence-corrected chi connectivity index (χ1v) is 4.42. The second-order valence-electron chi connectivity index (χ2n) is 3.23. The molecule has 1 unspecified atom stereocenters. The molecule has 5 nitrogen and oxygen atoms in total. The lowest BCUT2D eigenvalue weighted by molar-refractivity contribution is -0.146. The molecule has 0 amide bonds. The number of rotatable bonds is 1. The normalized spacial score (nSPS) is 19.1. The number of ether oxygens (including phenoxy) is 1. The first-order valence-electron chi connectivity index (χ1n) is 4.42. The maximum Gasteiger partial charge on any atom is 0.303 e. The number of H-pyrrole nitrogens is 1. The van der Waals surface area contributed by atoms with E-state index in [1.165, 1.54) is 13.3 Å². The molecule has 1 aliphatic carbocycles. The average molecular weight is 194 g/mol. The minimum atomic E-state index is -0.343. The predicted octanol–water partition coefficient (Wildman–Crippen LogP) is 0.320. The van der Waals surface area contributed by atoms with E-state index in [2.05, 4.69) is 9.97 Å². The van der Waals surface area contributed by atoms with E-state index in [1.807, 2.05) is 0 Å². The van der Waals surface area contributed by atoms with E-state index in [1.54, 1.807) is 0 Å². The first-order chi connectivity index (χ1) is 6.68. The summed E-state index contributed by atoms with van der Waals surface area (Å²) in [7, 11) is 0. The van der Waals surface area contributed by atoms with Gasteiger partial charge in [-0.05, 0) is 12.8 Å². The fourth-order valence-corrected chi connectivity index (χ4v) is 1.69. The van der Waals surface area contributed by atoms with Crippen molar-refractivity contribution in [3.63, 3.8) is 0 Å². The number of nitrogens with one attached hydrogen (secondary N) is 1. The van der Waals surface area contributed by atoms with Crippen LogP contribution in [0.5, 0.6) is 0 Å². The highest BCUT2D eigenvalue weighted by molar-refractivity contribution is 5.66. The first kappa shape index (κ1) is 8.93. The Balaban J connectivity index is 2.35. The van der Waals surface area contributed by atoms with Gasteiger partial charge in [-0.2, -0.15) is 0 Å². The van der Waals surface area contributed by atoms with Crippen LogP contribution >= 0.6 is 0 Å². The molecule has 0 bridgehead atoms. The molecule has 1 N–H and O–H groups in total. The lowest BCUT2D eigenvalue weighted by atomic mass is 10.2. The van der Waals surface area contributed by atoms with E-state index in [0.29, 0.717) is 24.1 Å². The minimum absolute atomic E-state index is 0.135. The summed E-state index contributed by atoms with van der Waals surface area (Å²) >= 11 is 0. The number of hydrogen-bond acceptors (Lipinski definition) is 4. The van der Waals surface area contributed by atoms with Crippen molar-refractivity contribution in [2.24, 2.45) is 0 Å². The SMILES string of the molecule is CC(=O)OC1CCc2c1nc[nH]c2=O. The summed E-state index contributed by atoms with van der Waals surface area (Å²) in [6.45, 7) is 1.35. The molecule has 5 heteroatoms. The van der Waals surface area contributed by atoms with Crippen LogP contribution in [0.4, 0.5) is 0 Å². The summed E-state index contributed by atoms with van der Waals surface area (Å²) in [6.07, 6.45) is 2.26. The monoisotopic (exact) mass is 194 g/mol. The van der Waals surface area contributed by atoms with Gasteiger partial charge < -0.3 is 9.72 Å². The number of nitrogens with zero attached hydrogens (tertiary/aromatic N) is 1. The van der Waals surface area contributed by atoms with E-state index >= 15 is 0 Å². The number of aromatic amines is 1. The number of carbonyl (C=O) groups is 1. The van der Waals surface area contributed by atoms with Crippen molar-refractivity contribution in [3.05, 3.63) is 27.9 Å². The highest BCUT2D eigenvalue weighted by Crippen LogP contribution is 2.29. The van der Waals surface area contributed by atoms with Gasteiger partial charge in [-0.3, -0.25) is 9.59 Å². The molecule has 0 aromatic carbocycles. The van der Waals surface area contributed by atoms with Crippen molar-refractivity contribution >= 4 is 5.97 Å². The second-order valence-corrected chi connectivity index (χ2v) is 3.23. The number of fused-ring (bicyclic) bond motifs is 1. The van der Waals surface area contributed by atoms with Crippen LogP contribution in [0.25, 0.3) is 0 Å². The number of esters is 1. The zero-order chi connectivity index (χ0) is 10.1. The summed E-state index contributed by atoms with van der Waals surface area (Å²) in [6, 6.07) is 0. The summed E-state index contributed by atoms with van der Waals surface area (Å²) in [5, 5.41) is 0. The van der Waals surface area contributed by atoms with E-state index < -0.39 is 0 Å². The molecule has 1 heterocycles. The van der Waals surface area contributed by atoms with Gasteiger partial charge in [0.25, 0.3) is 5.56 Å². The number of carbonyl (C=O) groups excluding carboxylic acids is 1. The van der Waals surface area contributed by atoms with Gasteiger partial charge in [-0.1, -0.05) is 0 Å². The third-order valence-corrected chi connectivity index (χ3v) is 2.25. The largest absolute Gasteiger partial charge is 0.456 e. The molecular weight excluding hydrogens is 184 g/mol.